The molecule has 106 valence electrons. The molecule has 0 spiro atoms. The molecule has 0 saturated heterocycles. The highest BCUT2D eigenvalue weighted by atomic mass is 16.1. The molecule has 0 aliphatic heterocycles. The van der Waals surface area contributed by atoms with Crippen LogP contribution in [0.4, 0.5) is 0 Å². The topological polar surface area (TPSA) is 30.0 Å². The molecule has 0 atom stereocenters. The molecule has 0 radical (unpaired) electrons. The van der Waals surface area contributed by atoms with Gasteiger partial charge in [0, 0.05) is 28.5 Å². The standard InChI is InChI=1S/C19H19NO/c1-3-13(4-2)19(21)16-9-5-7-14-10-11-15-8-6-12-20-18(15)17(14)16/h5-13H,3-4H2,1-2H3. The van der Waals surface area contributed by atoms with Gasteiger partial charge in [0.15, 0.2) is 5.78 Å². The summed E-state index contributed by atoms with van der Waals surface area (Å²) in [7, 11) is 0. The van der Waals surface area contributed by atoms with E-state index in [1.165, 1.54) is 0 Å². The normalized spacial score (nSPS) is 11.4. The van der Waals surface area contributed by atoms with Gasteiger partial charge in [-0.25, -0.2) is 0 Å². The number of carbonyl (C=O) groups excluding carboxylic acids is 1. The second kappa shape index (κ2) is 5.65. The van der Waals surface area contributed by atoms with Gasteiger partial charge in [-0.2, -0.15) is 0 Å². The van der Waals surface area contributed by atoms with Crippen molar-refractivity contribution in [3.8, 4) is 0 Å². The number of ketones is 1. The van der Waals surface area contributed by atoms with Crippen molar-refractivity contribution in [3.63, 3.8) is 0 Å². The minimum Gasteiger partial charge on any atom is -0.294 e. The van der Waals surface area contributed by atoms with Gasteiger partial charge >= 0.3 is 0 Å². The second-order valence-electron chi connectivity index (χ2n) is 5.42. The number of benzene rings is 2. The molecular weight excluding hydrogens is 258 g/mol. The maximum absolute atomic E-state index is 12.8. The Hall–Kier alpha value is -2.22. The zero-order valence-electron chi connectivity index (χ0n) is 12.5. The first kappa shape index (κ1) is 13.7. The van der Waals surface area contributed by atoms with E-state index in [9.17, 15) is 4.79 Å². The summed E-state index contributed by atoms with van der Waals surface area (Å²) in [5, 5.41) is 3.15. The molecular formula is C19H19NO. The summed E-state index contributed by atoms with van der Waals surface area (Å²) in [6, 6.07) is 14.1. The van der Waals surface area contributed by atoms with Crippen molar-refractivity contribution in [3.05, 3.63) is 54.2 Å². The number of carbonyl (C=O) groups is 1. The van der Waals surface area contributed by atoms with Gasteiger partial charge in [0.1, 0.15) is 0 Å². The van der Waals surface area contributed by atoms with Crippen molar-refractivity contribution >= 4 is 27.5 Å². The summed E-state index contributed by atoms with van der Waals surface area (Å²) >= 11 is 0. The van der Waals surface area contributed by atoms with E-state index in [0.29, 0.717) is 0 Å². The molecule has 0 bridgehead atoms. The third-order valence-electron chi connectivity index (χ3n) is 4.24. The maximum atomic E-state index is 12.8. The number of hydrogen-bond acceptors (Lipinski definition) is 2. The third-order valence-corrected chi connectivity index (χ3v) is 4.24. The number of aromatic nitrogens is 1. The van der Waals surface area contributed by atoms with E-state index in [-0.39, 0.29) is 11.7 Å². The summed E-state index contributed by atoms with van der Waals surface area (Å²) in [5.74, 6) is 0.332. The molecule has 2 nitrogen and oxygen atoms in total. The average Bonchev–Trinajstić information content (AvgIpc) is 2.55. The van der Waals surface area contributed by atoms with Gasteiger partial charge in [0.25, 0.3) is 0 Å². The number of hydrogen-bond donors (Lipinski definition) is 0. The number of nitrogens with zero attached hydrogens (tertiary/aromatic N) is 1. The molecule has 2 heteroatoms. The Morgan fingerprint density at radius 1 is 1.00 bits per heavy atom. The summed E-state index contributed by atoms with van der Waals surface area (Å²) in [6.45, 7) is 4.15. The number of rotatable bonds is 4. The second-order valence-corrected chi connectivity index (χ2v) is 5.42. The van der Waals surface area contributed by atoms with Crippen LogP contribution in [0, 0.1) is 5.92 Å². The quantitative estimate of drug-likeness (QED) is 0.496. The molecule has 0 N–H and O–H groups in total. The van der Waals surface area contributed by atoms with Crippen LogP contribution in [0.15, 0.2) is 48.7 Å². The summed E-state index contributed by atoms with van der Waals surface area (Å²) in [5.41, 5.74) is 1.73. The lowest BCUT2D eigenvalue weighted by Crippen LogP contribution is -2.13. The fraction of sp³-hybridized carbons (Fsp3) is 0.263. The van der Waals surface area contributed by atoms with Crippen LogP contribution in [-0.2, 0) is 0 Å². The molecule has 0 aliphatic rings. The zero-order chi connectivity index (χ0) is 14.8. The molecule has 1 heterocycles. The van der Waals surface area contributed by atoms with E-state index in [0.717, 1.165) is 40.1 Å². The van der Waals surface area contributed by atoms with E-state index < -0.39 is 0 Å². The molecule has 0 unspecified atom stereocenters. The highest BCUT2D eigenvalue weighted by molar-refractivity contribution is 6.17. The van der Waals surface area contributed by atoms with Crippen molar-refractivity contribution in [2.24, 2.45) is 5.92 Å². The van der Waals surface area contributed by atoms with Gasteiger partial charge in [0.05, 0.1) is 5.52 Å². The summed E-state index contributed by atoms with van der Waals surface area (Å²) in [6.07, 6.45) is 3.55. The Kier molecular flexibility index (Phi) is 3.70. The van der Waals surface area contributed by atoms with E-state index in [1.807, 2.05) is 30.3 Å². The van der Waals surface area contributed by atoms with Crippen LogP contribution in [0.3, 0.4) is 0 Å². The van der Waals surface area contributed by atoms with Crippen LogP contribution in [0.5, 0.6) is 0 Å². The Balaban J connectivity index is 2.32. The van der Waals surface area contributed by atoms with Crippen LogP contribution in [0.1, 0.15) is 37.0 Å². The molecule has 0 fully saturated rings. The summed E-state index contributed by atoms with van der Waals surface area (Å²) < 4.78 is 0. The van der Waals surface area contributed by atoms with Crippen LogP contribution < -0.4 is 0 Å². The van der Waals surface area contributed by atoms with Crippen LogP contribution in [0.2, 0.25) is 0 Å². The first-order valence-corrected chi connectivity index (χ1v) is 7.57. The SMILES string of the molecule is CCC(CC)C(=O)c1cccc2ccc3cccnc3c12. The Morgan fingerprint density at radius 3 is 2.48 bits per heavy atom. The molecule has 1 aromatic heterocycles. The number of fused-ring (bicyclic) bond motifs is 3. The number of Topliss-reactive ketones (excluding diaryl/α,β-unsaturated/α-hetero) is 1. The minimum atomic E-state index is 0.0922. The highest BCUT2D eigenvalue weighted by Gasteiger charge is 2.19. The van der Waals surface area contributed by atoms with Gasteiger partial charge in [0.2, 0.25) is 0 Å². The van der Waals surface area contributed by atoms with Crippen molar-refractivity contribution in [2.45, 2.75) is 26.7 Å². The predicted molar refractivity (Wildman–Crippen MR) is 87.7 cm³/mol. The molecule has 2 aromatic carbocycles. The largest absolute Gasteiger partial charge is 0.294 e. The van der Waals surface area contributed by atoms with Crippen LogP contribution in [-0.4, -0.2) is 10.8 Å². The monoisotopic (exact) mass is 277 g/mol. The van der Waals surface area contributed by atoms with E-state index in [4.69, 9.17) is 0 Å². The smallest absolute Gasteiger partial charge is 0.166 e. The molecule has 0 aliphatic carbocycles. The fourth-order valence-electron chi connectivity index (χ4n) is 3.00. The average molecular weight is 277 g/mol. The zero-order valence-corrected chi connectivity index (χ0v) is 12.5. The Labute approximate surface area is 124 Å². The van der Waals surface area contributed by atoms with Crippen LogP contribution >= 0.6 is 0 Å². The first-order chi connectivity index (χ1) is 10.3. The van der Waals surface area contributed by atoms with Gasteiger partial charge in [-0.05, 0) is 24.3 Å². The predicted octanol–water partition coefficient (Wildman–Crippen LogP) is 5.01. The minimum absolute atomic E-state index is 0.0922. The molecule has 3 rings (SSSR count). The molecule has 3 aromatic rings. The van der Waals surface area contributed by atoms with Gasteiger partial charge in [-0.3, -0.25) is 9.78 Å². The van der Waals surface area contributed by atoms with Crippen molar-refractivity contribution in [1.82, 2.24) is 4.98 Å². The van der Waals surface area contributed by atoms with Gasteiger partial charge in [-0.15, -0.1) is 0 Å². The van der Waals surface area contributed by atoms with Crippen molar-refractivity contribution in [2.75, 3.05) is 0 Å². The fourth-order valence-corrected chi connectivity index (χ4v) is 3.00. The lowest BCUT2D eigenvalue weighted by molar-refractivity contribution is 0.0915. The number of pyridine rings is 1. The summed E-state index contributed by atoms with van der Waals surface area (Å²) in [4.78, 5) is 17.3. The molecule has 0 saturated carbocycles. The van der Waals surface area contributed by atoms with Crippen molar-refractivity contribution in [1.29, 1.82) is 0 Å². The van der Waals surface area contributed by atoms with E-state index >= 15 is 0 Å². The van der Waals surface area contributed by atoms with Gasteiger partial charge in [-0.1, -0.05) is 50.2 Å². The lowest BCUT2D eigenvalue weighted by Gasteiger charge is -2.14. The maximum Gasteiger partial charge on any atom is 0.166 e. The van der Waals surface area contributed by atoms with Crippen molar-refractivity contribution < 1.29 is 4.79 Å². The highest BCUT2D eigenvalue weighted by Crippen LogP contribution is 2.29. The lowest BCUT2D eigenvalue weighted by atomic mass is 9.89. The first-order valence-electron chi connectivity index (χ1n) is 7.57. The third kappa shape index (κ3) is 2.31. The molecule has 0 amide bonds. The van der Waals surface area contributed by atoms with E-state index in [1.54, 1.807) is 6.20 Å². The Bertz CT molecular complexity index is 803. The molecule has 21 heavy (non-hydrogen) atoms. The van der Waals surface area contributed by atoms with Gasteiger partial charge < -0.3 is 0 Å². The van der Waals surface area contributed by atoms with E-state index in [2.05, 4.69) is 31.0 Å². The van der Waals surface area contributed by atoms with Crippen LogP contribution in [0.25, 0.3) is 21.7 Å². The Morgan fingerprint density at radius 2 is 1.71 bits per heavy atom.